The van der Waals surface area contributed by atoms with Gasteiger partial charge in [0.2, 0.25) is 5.91 Å². The molecule has 110 valence electrons. The number of hydrogen-bond donors (Lipinski definition) is 2. The Balaban J connectivity index is 2.65. The van der Waals surface area contributed by atoms with Crippen molar-refractivity contribution >= 4 is 11.9 Å². The highest BCUT2D eigenvalue weighted by Gasteiger charge is 2.19. The summed E-state index contributed by atoms with van der Waals surface area (Å²) in [5.74, 6) is -1.53. The number of nitrogens with one attached hydrogen (secondary N) is 1. The number of hydrogen-bond acceptors (Lipinski definition) is 3. The summed E-state index contributed by atoms with van der Waals surface area (Å²) in [7, 11) is 0. The predicted octanol–water partition coefficient (Wildman–Crippen LogP) is 0.916. The van der Waals surface area contributed by atoms with Crippen molar-refractivity contribution in [2.24, 2.45) is 0 Å². The molecule has 0 aliphatic rings. The van der Waals surface area contributed by atoms with E-state index in [1.165, 1.54) is 16.8 Å². The fourth-order valence-corrected chi connectivity index (χ4v) is 1.80. The van der Waals surface area contributed by atoms with Crippen LogP contribution in [0.15, 0.2) is 23.1 Å². The lowest BCUT2D eigenvalue weighted by Gasteiger charge is -2.14. The number of carboxylic acids is 1. The first kappa shape index (κ1) is 15.9. The zero-order chi connectivity index (χ0) is 15.1. The van der Waals surface area contributed by atoms with Gasteiger partial charge >= 0.3 is 5.97 Å². The number of aliphatic carboxylic acids is 1. The van der Waals surface area contributed by atoms with E-state index in [-0.39, 0.29) is 12.1 Å². The van der Waals surface area contributed by atoms with E-state index in [0.717, 1.165) is 18.4 Å². The maximum Gasteiger partial charge on any atom is 0.326 e. The summed E-state index contributed by atoms with van der Waals surface area (Å²) in [6.45, 7) is 3.57. The number of aryl methyl sites for hydroxylation is 1. The summed E-state index contributed by atoms with van der Waals surface area (Å²) < 4.78 is 1.25. The molecule has 0 saturated carbocycles. The average molecular weight is 280 g/mol. The van der Waals surface area contributed by atoms with Crippen molar-refractivity contribution in [2.75, 3.05) is 0 Å². The molecule has 1 atom stereocenters. The highest BCUT2D eigenvalue weighted by Crippen LogP contribution is 2.01. The van der Waals surface area contributed by atoms with Gasteiger partial charge in [0.25, 0.3) is 5.56 Å². The van der Waals surface area contributed by atoms with Gasteiger partial charge in [-0.3, -0.25) is 9.59 Å². The highest BCUT2D eigenvalue weighted by molar-refractivity contribution is 5.83. The maximum atomic E-state index is 11.8. The number of carboxylic acid groups (broad SMARTS) is 1. The van der Waals surface area contributed by atoms with Gasteiger partial charge in [0.15, 0.2) is 0 Å². The molecule has 1 rings (SSSR count). The van der Waals surface area contributed by atoms with Gasteiger partial charge in [0, 0.05) is 12.3 Å². The fourth-order valence-electron chi connectivity index (χ4n) is 1.80. The van der Waals surface area contributed by atoms with Crippen LogP contribution >= 0.6 is 0 Å². The van der Waals surface area contributed by atoms with E-state index in [1.807, 2.05) is 6.92 Å². The van der Waals surface area contributed by atoms with E-state index < -0.39 is 17.9 Å². The molecular weight excluding hydrogens is 260 g/mol. The van der Waals surface area contributed by atoms with Crippen molar-refractivity contribution in [1.82, 2.24) is 9.88 Å². The summed E-state index contributed by atoms with van der Waals surface area (Å²) in [6, 6.07) is 2.25. The molecule has 20 heavy (non-hydrogen) atoms. The second-order valence-corrected chi connectivity index (χ2v) is 4.77. The van der Waals surface area contributed by atoms with E-state index in [4.69, 9.17) is 5.11 Å². The molecule has 2 N–H and O–H groups in total. The molecule has 0 aliphatic heterocycles. The normalized spacial score (nSPS) is 11.9. The molecule has 0 aromatic carbocycles. The first-order valence-corrected chi connectivity index (χ1v) is 6.63. The molecule has 6 nitrogen and oxygen atoms in total. The molecule has 6 heteroatoms. The molecule has 0 unspecified atom stereocenters. The van der Waals surface area contributed by atoms with Gasteiger partial charge in [0.05, 0.1) is 0 Å². The van der Waals surface area contributed by atoms with Crippen LogP contribution < -0.4 is 10.9 Å². The third kappa shape index (κ3) is 4.87. The van der Waals surface area contributed by atoms with E-state index in [2.05, 4.69) is 5.32 Å². The lowest BCUT2D eigenvalue weighted by atomic mass is 10.1. The fraction of sp³-hybridized carbons (Fsp3) is 0.500. The van der Waals surface area contributed by atoms with Crippen molar-refractivity contribution in [3.63, 3.8) is 0 Å². The van der Waals surface area contributed by atoms with Crippen molar-refractivity contribution in [3.8, 4) is 0 Å². The van der Waals surface area contributed by atoms with Crippen molar-refractivity contribution in [2.45, 2.75) is 45.7 Å². The summed E-state index contributed by atoms with van der Waals surface area (Å²) in [4.78, 5) is 34.4. The number of unbranched alkanes of at least 4 members (excludes halogenated alkanes) is 1. The molecule has 1 aromatic heterocycles. The summed E-state index contributed by atoms with van der Waals surface area (Å²) in [6.07, 6.45) is 3.50. The number of rotatable bonds is 7. The van der Waals surface area contributed by atoms with Crippen molar-refractivity contribution in [3.05, 3.63) is 34.2 Å². The van der Waals surface area contributed by atoms with Crippen molar-refractivity contribution in [1.29, 1.82) is 0 Å². The monoisotopic (exact) mass is 280 g/mol. The molecule has 0 radical (unpaired) electrons. The number of carbonyl (C=O) groups excluding carboxylic acids is 1. The minimum absolute atomic E-state index is 0.172. The van der Waals surface area contributed by atoms with E-state index in [1.54, 1.807) is 13.0 Å². The predicted molar refractivity (Wildman–Crippen MR) is 74.5 cm³/mol. The third-order valence-corrected chi connectivity index (χ3v) is 2.95. The van der Waals surface area contributed by atoms with E-state index >= 15 is 0 Å². The zero-order valence-electron chi connectivity index (χ0n) is 11.8. The Bertz CT molecular complexity index is 536. The van der Waals surface area contributed by atoms with Crippen LogP contribution in [0, 0.1) is 6.92 Å². The van der Waals surface area contributed by atoms with Crippen LogP contribution in [0.3, 0.4) is 0 Å². The van der Waals surface area contributed by atoms with Crippen LogP contribution in [0.4, 0.5) is 0 Å². The first-order chi connectivity index (χ1) is 9.43. The van der Waals surface area contributed by atoms with Gasteiger partial charge < -0.3 is 15.0 Å². The molecular formula is C14H20N2O4. The molecule has 1 heterocycles. The number of amides is 1. The lowest BCUT2D eigenvalue weighted by Crippen LogP contribution is -2.43. The van der Waals surface area contributed by atoms with Gasteiger partial charge in [0.1, 0.15) is 12.6 Å². The summed E-state index contributed by atoms with van der Waals surface area (Å²) in [5, 5.41) is 11.5. The first-order valence-electron chi connectivity index (χ1n) is 6.63. The van der Waals surface area contributed by atoms with Gasteiger partial charge in [-0.05, 0) is 25.0 Å². The van der Waals surface area contributed by atoms with E-state index in [9.17, 15) is 14.4 Å². The molecule has 0 saturated heterocycles. The minimum Gasteiger partial charge on any atom is -0.480 e. The average Bonchev–Trinajstić information content (AvgIpc) is 2.37. The Labute approximate surface area is 117 Å². The Morgan fingerprint density at radius 2 is 2.15 bits per heavy atom. The SMILES string of the molecule is CCCC[C@H](NC(=O)Cn1ccc(C)cc1=O)C(=O)O. The number of aromatic nitrogens is 1. The lowest BCUT2D eigenvalue weighted by molar-refractivity contribution is -0.142. The maximum absolute atomic E-state index is 11.8. The summed E-state index contributed by atoms with van der Waals surface area (Å²) >= 11 is 0. The van der Waals surface area contributed by atoms with Gasteiger partial charge in [-0.1, -0.05) is 19.8 Å². The molecule has 1 amide bonds. The Morgan fingerprint density at radius 1 is 1.45 bits per heavy atom. The number of carbonyl (C=O) groups is 2. The van der Waals surface area contributed by atoms with Gasteiger partial charge in [-0.2, -0.15) is 0 Å². The second kappa shape index (κ2) is 7.47. The Kier molecular flexibility index (Phi) is 5.96. The highest BCUT2D eigenvalue weighted by atomic mass is 16.4. The van der Waals surface area contributed by atoms with Crippen LogP contribution in [0.1, 0.15) is 31.7 Å². The summed E-state index contributed by atoms with van der Waals surface area (Å²) in [5.41, 5.74) is 0.540. The quantitative estimate of drug-likeness (QED) is 0.777. The molecule has 0 aliphatic carbocycles. The smallest absolute Gasteiger partial charge is 0.326 e. The number of nitrogens with zero attached hydrogens (tertiary/aromatic N) is 1. The third-order valence-electron chi connectivity index (χ3n) is 2.95. The minimum atomic E-state index is -1.05. The van der Waals surface area contributed by atoms with Crippen LogP contribution in [-0.2, 0) is 16.1 Å². The van der Waals surface area contributed by atoms with Gasteiger partial charge in [-0.15, -0.1) is 0 Å². The standard InChI is InChI=1S/C14H20N2O4/c1-3-4-5-11(14(19)20)15-12(17)9-16-7-6-10(2)8-13(16)18/h6-8,11H,3-5,9H2,1-2H3,(H,15,17)(H,19,20)/t11-/m0/s1. The molecule has 0 fully saturated rings. The topological polar surface area (TPSA) is 88.4 Å². The van der Waals surface area contributed by atoms with Gasteiger partial charge in [-0.25, -0.2) is 4.79 Å². The largest absolute Gasteiger partial charge is 0.480 e. The second-order valence-electron chi connectivity index (χ2n) is 4.77. The van der Waals surface area contributed by atoms with E-state index in [0.29, 0.717) is 6.42 Å². The van der Waals surface area contributed by atoms with Crippen LogP contribution in [0.2, 0.25) is 0 Å². The Hall–Kier alpha value is -2.11. The van der Waals surface area contributed by atoms with Crippen molar-refractivity contribution < 1.29 is 14.7 Å². The molecule has 0 bridgehead atoms. The molecule has 0 spiro atoms. The van der Waals surface area contributed by atoms with Crippen LogP contribution in [-0.4, -0.2) is 27.6 Å². The van der Waals surface area contributed by atoms with Crippen LogP contribution in [0.5, 0.6) is 0 Å². The number of pyridine rings is 1. The molecule has 1 aromatic rings. The Morgan fingerprint density at radius 3 is 2.70 bits per heavy atom. The zero-order valence-corrected chi connectivity index (χ0v) is 11.8. The van der Waals surface area contributed by atoms with Crippen LogP contribution in [0.25, 0.3) is 0 Å².